The van der Waals surface area contributed by atoms with Crippen molar-refractivity contribution in [2.75, 3.05) is 11.9 Å². The van der Waals surface area contributed by atoms with Gasteiger partial charge in [-0.3, -0.25) is 10.1 Å². The average Bonchev–Trinajstić information content (AvgIpc) is 2.47. The molecule has 4 N–H and O–H groups in total. The normalized spacial score (nSPS) is 25.1. The fourth-order valence-electron chi connectivity index (χ4n) is 2.87. The van der Waals surface area contributed by atoms with Crippen LogP contribution in [0.5, 0.6) is 0 Å². The molecule has 1 aliphatic rings. The molecule has 0 aliphatic heterocycles. The van der Waals surface area contributed by atoms with Crippen LogP contribution in [0.25, 0.3) is 0 Å². The molecular formula is C14H21N3O5S. The second-order valence-corrected chi connectivity index (χ2v) is 7.81. The maximum Gasteiger partial charge on any atom is 0.293 e. The second kappa shape index (κ2) is 6.42. The number of aliphatic hydroxyl groups is 1. The zero-order valence-corrected chi connectivity index (χ0v) is 13.7. The van der Waals surface area contributed by atoms with Gasteiger partial charge in [-0.15, -0.1) is 0 Å². The summed E-state index contributed by atoms with van der Waals surface area (Å²) in [5.74, 6) is 0. The van der Waals surface area contributed by atoms with E-state index < -0.39 is 21.1 Å². The number of hydrogen-bond acceptors (Lipinski definition) is 6. The van der Waals surface area contributed by atoms with Crippen LogP contribution in [0.1, 0.15) is 32.6 Å². The van der Waals surface area contributed by atoms with Crippen molar-refractivity contribution in [2.24, 2.45) is 10.6 Å². The molecule has 1 aromatic carbocycles. The first kappa shape index (κ1) is 17.6. The van der Waals surface area contributed by atoms with E-state index in [0.29, 0.717) is 13.0 Å². The molecule has 9 heteroatoms. The Morgan fingerprint density at radius 3 is 2.74 bits per heavy atom. The van der Waals surface area contributed by atoms with Crippen LogP contribution >= 0.6 is 0 Å². The van der Waals surface area contributed by atoms with E-state index in [9.17, 15) is 23.6 Å². The molecule has 0 bridgehead atoms. The van der Waals surface area contributed by atoms with E-state index in [-0.39, 0.29) is 21.7 Å². The Morgan fingerprint density at radius 2 is 2.17 bits per heavy atom. The quantitative estimate of drug-likeness (QED) is 0.549. The van der Waals surface area contributed by atoms with Gasteiger partial charge in [0.25, 0.3) is 5.69 Å². The molecule has 0 heterocycles. The minimum absolute atomic E-state index is 0.210. The predicted molar refractivity (Wildman–Crippen MR) is 85.5 cm³/mol. The molecule has 23 heavy (non-hydrogen) atoms. The van der Waals surface area contributed by atoms with E-state index in [1.165, 1.54) is 12.1 Å². The number of nitrogens with one attached hydrogen (secondary N) is 1. The maximum absolute atomic E-state index is 11.3. The number of anilines is 1. The second-order valence-electron chi connectivity index (χ2n) is 6.25. The van der Waals surface area contributed by atoms with Crippen molar-refractivity contribution in [3.63, 3.8) is 0 Å². The minimum atomic E-state index is -4.00. The highest BCUT2D eigenvalue weighted by atomic mass is 32.2. The summed E-state index contributed by atoms with van der Waals surface area (Å²) in [7, 11) is -4.00. The molecule has 0 aromatic heterocycles. The molecule has 1 aliphatic carbocycles. The molecule has 2 unspecified atom stereocenters. The highest BCUT2D eigenvalue weighted by molar-refractivity contribution is 7.89. The van der Waals surface area contributed by atoms with Crippen molar-refractivity contribution in [1.29, 1.82) is 0 Å². The lowest BCUT2D eigenvalue weighted by atomic mass is 9.73. The number of benzene rings is 1. The van der Waals surface area contributed by atoms with Crippen molar-refractivity contribution in [3.05, 3.63) is 28.3 Å². The lowest BCUT2D eigenvalue weighted by Gasteiger charge is -2.38. The Morgan fingerprint density at radius 1 is 1.48 bits per heavy atom. The number of nitrogens with zero attached hydrogens (tertiary/aromatic N) is 1. The highest BCUT2D eigenvalue weighted by Gasteiger charge is 2.35. The molecule has 128 valence electrons. The van der Waals surface area contributed by atoms with Crippen LogP contribution in [0, 0.1) is 15.5 Å². The Hall–Kier alpha value is -1.71. The molecule has 1 saturated carbocycles. The number of nitro benzene ring substituents is 1. The van der Waals surface area contributed by atoms with Crippen LogP contribution in [0.2, 0.25) is 0 Å². The summed E-state index contributed by atoms with van der Waals surface area (Å²) >= 11 is 0. The van der Waals surface area contributed by atoms with Crippen LogP contribution in [0.15, 0.2) is 23.1 Å². The molecule has 1 aromatic rings. The zero-order valence-electron chi connectivity index (χ0n) is 12.9. The van der Waals surface area contributed by atoms with Gasteiger partial charge in [0.05, 0.1) is 15.9 Å². The fraction of sp³-hybridized carbons (Fsp3) is 0.571. The Kier molecular flexibility index (Phi) is 4.92. The largest absolute Gasteiger partial charge is 0.392 e. The third kappa shape index (κ3) is 3.98. The minimum Gasteiger partial charge on any atom is -0.392 e. The van der Waals surface area contributed by atoms with Crippen molar-refractivity contribution in [3.8, 4) is 0 Å². The highest BCUT2D eigenvalue weighted by Crippen LogP contribution is 2.37. The lowest BCUT2D eigenvalue weighted by Crippen LogP contribution is -2.41. The zero-order chi connectivity index (χ0) is 17.3. The summed E-state index contributed by atoms with van der Waals surface area (Å²) < 4.78 is 22.6. The average molecular weight is 343 g/mol. The topological polar surface area (TPSA) is 136 Å². The van der Waals surface area contributed by atoms with Gasteiger partial charge in [0.2, 0.25) is 10.0 Å². The van der Waals surface area contributed by atoms with E-state index in [1.54, 1.807) is 0 Å². The monoisotopic (exact) mass is 343 g/mol. The van der Waals surface area contributed by atoms with Crippen LogP contribution in [-0.2, 0) is 10.0 Å². The first-order valence-corrected chi connectivity index (χ1v) is 8.91. The summed E-state index contributed by atoms with van der Waals surface area (Å²) in [6.45, 7) is 2.30. The van der Waals surface area contributed by atoms with Gasteiger partial charge in [0.1, 0.15) is 5.69 Å². The Bertz CT molecular complexity index is 706. The van der Waals surface area contributed by atoms with Crippen LogP contribution < -0.4 is 10.5 Å². The number of rotatable bonds is 5. The number of nitrogens with two attached hydrogens (primary N) is 1. The van der Waals surface area contributed by atoms with Crippen molar-refractivity contribution < 1.29 is 18.4 Å². The summed E-state index contributed by atoms with van der Waals surface area (Å²) in [5, 5.41) is 29.3. The van der Waals surface area contributed by atoms with Crippen LogP contribution in [0.4, 0.5) is 11.4 Å². The van der Waals surface area contributed by atoms with Gasteiger partial charge in [-0.25, -0.2) is 13.6 Å². The van der Waals surface area contributed by atoms with Crippen LogP contribution in [-0.4, -0.2) is 31.1 Å². The molecular weight excluding hydrogens is 322 g/mol. The molecule has 2 atom stereocenters. The Labute approximate surface area is 134 Å². The number of primary sulfonamides is 1. The van der Waals surface area contributed by atoms with E-state index in [0.717, 1.165) is 25.3 Å². The smallest absolute Gasteiger partial charge is 0.293 e. The summed E-state index contributed by atoms with van der Waals surface area (Å²) in [6.07, 6.45) is 3.04. The van der Waals surface area contributed by atoms with Gasteiger partial charge in [0, 0.05) is 18.0 Å². The van der Waals surface area contributed by atoms with E-state index in [2.05, 4.69) is 5.32 Å². The van der Waals surface area contributed by atoms with Gasteiger partial charge < -0.3 is 10.4 Å². The fourth-order valence-corrected chi connectivity index (χ4v) is 3.41. The first-order valence-electron chi connectivity index (χ1n) is 7.37. The third-order valence-corrected chi connectivity index (χ3v) is 5.37. The predicted octanol–water partition coefficient (Wildman–Crippen LogP) is 1.60. The molecule has 0 saturated heterocycles. The molecule has 1 fully saturated rings. The van der Waals surface area contributed by atoms with Gasteiger partial charge in [0.15, 0.2) is 0 Å². The molecule has 0 amide bonds. The van der Waals surface area contributed by atoms with Crippen molar-refractivity contribution >= 4 is 21.4 Å². The van der Waals surface area contributed by atoms with Crippen molar-refractivity contribution in [1.82, 2.24) is 0 Å². The number of hydrogen-bond donors (Lipinski definition) is 3. The summed E-state index contributed by atoms with van der Waals surface area (Å²) in [4.78, 5) is 10.2. The summed E-state index contributed by atoms with van der Waals surface area (Å²) in [6, 6.07) is 3.50. The van der Waals surface area contributed by atoms with Crippen LogP contribution in [0.3, 0.4) is 0 Å². The molecule has 8 nitrogen and oxygen atoms in total. The van der Waals surface area contributed by atoms with Gasteiger partial charge in [-0.2, -0.15) is 0 Å². The number of sulfonamides is 1. The Balaban J connectivity index is 2.24. The number of nitro groups is 1. The maximum atomic E-state index is 11.3. The first-order chi connectivity index (χ1) is 10.6. The standard InChI is InChI=1S/C14H21N3O5S/c1-14(7-3-2-4-13(14)18)9-16-11-6-5-10(23(15,21)22)8-12(11)17(19)20/h5-6,8,13,16,18H,2-4,7,9H2,1H3,(H2,15,21,22). The number of aliphatic hydroxyl groups excluding tert-OH is 1. The summed E-state index contributed by atoms with van der Waals surface area (Å²) in [5.41, 5.74) is -0.517. The lowest BCUT2D eigenvalue weighted by molar-refractivity contribution is -0.384. The van der Waals surface area contributed by atoms with E-state index in [4.69, 9.17) is 5.14 Å². The van der Waals surface area contributed by atoms with E-state index >= 15 is 0 Å². The SMILES string of the molecule is CC1(CNc2ccc(S(N)(=O)=O)cc2[N+](=O)[O-])CCCCC1O. The molecule has 0 radical (unpaired) electrons. The van der Waals surface area contributed by atoms with Gasteiger partial charge in [-0.05, 0) is 25.0 Å². The van der Waals surface area contributed by atoms with E-state index in [1.807, 2.05) is 6.92 Å². The molecule has 2 rings (SSSR count). The van der Waals surface area contributed by atoms with Gasteiger partial charge in [-0.1, -0.05) is 19.8 Å². The van der Waals surface area contributed by atoms with Gasteiger partial charge >= 0.3 is 0 Å². The third-order valence-electron chi connectivity index (χ3n) is 4.46. The van der Waals surface area contributed by atoms with Crippen molar-refractivity contribution in [2.45, 2.75) is 43.6 Å². The molecule has 0 spiro atoms.